The smallest absolute Gasteiger partial charge is 0.260 e. The lowest BCUT2D eigenvalue weighted by atomic mass is 10.1. The number of hydrogen-bond acceptors (Lipinski definition) is 5. The molecule has 0 fully saturated rings. The molecule has 0 radical (unpaired) electrons. The maximum Gasteiger partial charge on any atom is 0.260 e. The summed E-state index contributed by atoms with van der Waals surface area (Å²) in [7, 11) is -3.60. The average Bonchev–Trinajstić information content (AvgIpc) is 3.06. The number of amides is 1. The molecule has 2 rings (SSSR count). The second-order valence-electron chi connectivity index (χ2n) is 5.75. The van der Waals surface area contributed by atoms with Gasteiger partial charge in [-0.25, -0.2) is 13.8 Å². The molecule has 134 valence electrons. The number of carbonyl (C=O) groups is 1. The van der Waals surface area contributed by atoms with Crippen molar-refractivity contribution in [1.29, 1.82) is 0 Å². The van der Waals surface area contributed by atoms with Gasteiger partial charge in [0.05, 0.1) is 17.7 Å². The van der Waals surface area contributed by atoms with Gasteiger partial charge in [-0.05, 0) is 55.5 Å². The Hall–Kier alpha value is -2.19. The van der Waals surface area contributed by atoms with Crippen LogP contribution in [0.3, 0.4) is 0 Å². The summed E-state index contributed by atoms with van der Waals surface area (Å²) >= 11 is 1.51. The van der Waals surface area contributed by atoms with Gasteiger partial charge in [-0.3, -0.25) is 9.10 Å². The Morgan fingerprint density at radius 3 is 2.52 bits per heavy atom. The molecule has 0 saturated heterocycles. The van der Waals surface area contributed by atoms with Gasteiger partial charge in [-0.15, -0.1) is 11.3 Å². The number of hydrogen-bond donors (Lipinski definition) is 1. The maximum atomic E-state index is 12.2. The standard InChI is InChI=1S/C17H21N3O3S2/c1-12-7-8-15(10-13(12)2)20(25(4,22)23)11-17(21)19-18-14(3)16-6-5-9-24-16/h5-10H,11H2,1-4H3,(H,19,21)/b18-14+. The summed E-state index contributed by atoms with van der Waals surface area (Å²) in [5.41, 5.74) is 5.55. The van der Waals surface area contributed by atoms with E-state index in [-0.39, 0.29) is 6.54 Å². The normalized spacial score (nSPS) is 12.1. The van der Waals surface area contributed by atoms with Gasteiger partial charge in [0.15, 0.2) is 0 Å². The second-order valence-corrected chi connectivity index (χ2v) is 8.60. The van der Waals surface area contributed by atoms with Crippen molar-refractivity contribution in [1.82, 2.24) is 5.43 Å². The van der Waals surface area contributed by atoms with E-state index in [2.05, 4.69) is 10.5 Å². The van der Waals surface area contributed by atoms with Crippen molar-refractivity contribution >= 4 is 38.7 Å². The molecule has 1 aromatic heterocycles. The van der Waals surface area contributed by atoms with Gasteiger partial charge in [0.1, 0.15) is 6.54 Å². The number of sulfonamides is 1. The predicted molar refractivity (Wildman–Crippen MR) is 103 cm³/mol. The van der Waals surface area contributed by atoms with Crippen molar-refractivity contribution in [3.8, 4) is 0 Å². The van der Waals surface area contributed by atoms with E-state index in [1.165, 1.54) is 11.3 Å². The molecule has 25 heavy (non-hydrogen) atoms. The molecule has 1 aromatic carbocycles. The first-order valence-electron chi connectivity index (χ1n) is 7.60. The van der Waals surface area contributed by atoms with Crippen LogP contribution in [0.5, 0.6) is 0 Å². The van der Waals surface area contributed by atoms with Crippen LogP contribution < -0.4 is 9.73 Å². The lowest BCUT2D eigenvalue weighted by molar-refractivity contribution is -0.119. The van der Waals surface area contributed by atoms with Gasteiger partial charge < -0.3 is 0 Å². The first-order valence-corrected chi connectivity index (χ1v) is 10.3. The summed E-state index contributed by atoms with van der Waals surface area (Å²) in [6, 6.07) is 9.07. The third-order valence-electron chi connectivity index (χ3n) is 3.69. The maximum absolute atomic E-state index is 12.2. The molecule has 8 heteroatoms. The molecule has 0 atom stereocenters. The molecule has 1 heterocycles. The number of carbonyl (C=O) groups excluding carboxylic acids is 1. The van der Waals surface area contributed by atoms with Crippen LogP contribution in [0.25, 0.3) is 0 Å². The van der Waals surface area contributed by atoms with Crippen LogP contribution in [-0.4, -0.2) is 32.8 Å². The summed E-state index contributed by atoms with van der Waals surface area (Å²) in [5.74, 6) is -0.500. The van der Waals surface area contributed by atoms with Crippen LogP contribution in [0.4, 0.5) is 5.69 Å². The lowest BCUT2D eigenvalue weighted by Gasteiger charge is -2.22. The largest absolute Gasteiger partial charge is 0.271 e. The topological polar surface area (TPSA) is 78.8 Å². The molecule has 1 amide bonds. The number of rotatable bonds is 6. The van der Waals surface area contributed by atoms with Crippen molar-refractivity contribution < 1.29 is 13.2 Å². The van der Waals surface area contributed by atoms with Crippen LogP contribution >= 0.6 is 11.3 Å². The van der Waals surface area contributed by atoms with Crippen LogP contribution in [0.2, 0.25) is 0 Å². The average molecular weight is 380 g/mol. The van der Waals surface area contributed by atoms with Crippen molar-refractivity contribution in [3.05, 3.63) is 51.7 Å². The first-order chi connectivity index (χ1) is 11.7. The van der Waals surface area contributed by atoms with E-state index in [0.717, 1.165) is 26.6 Å². The minimum atomic E-state index is -3.60. The zero-order valence-corrected chi connectivity index (χ0v) is 16.2. The Labute approximate surface area is 152 Å². The van der Waals surface area contributed by atoms with Crippen LogP contribution in [0.15, 0.2) is 40.8 Å². The van der Waals surface area contributed by atoms with Crippen molar-refractivity contribution in [2.24, 2.45) is 5.10 Å². The molecule has 0 aliphatic carbocycles. The summed E-state index contributed by atoms with van der Waals surface area (Å²) < 4.78 is 25.3. The molecule has 1 N–H and O–H groups in total. The monoisotopic (exact) mass is 379 g/mol. The summed E-state index contributed by atoms with van der Waals surface area (Å²) in [6.45, 7) is 5.29. The van der Waals surface area contributed by atoms with E-state index in [1.807, 2.05) is 37.4 Å². The fraction of sp³-hybridized carbons (Fsp3) is 0.294. The SMILES string of the molecule is C/C(=N\NC(=O)CN(c1ccc(C)c(C)c1)S(C)(=O)=O)c1cccs1. The zero-order valence-electron chi connectivity index (χ0n) is 14.6. The van der Waals surface area contributed by atoms with E-state index in [9.17, 15) is 13.2 Å². The van der Waals surface area contributed by atoms with Gasteiger partial charge in [0.2, 0.25) is 10.0 Å². The number of hydrazone groups is 1. The van der Waals surface area contributed by atoms with E-state index >= 15 is 0 Å². The van der Waals surface area contributed by atoms with Crippen LogP contribution in [-0.2, 0) is 14.8 Å². The molecule has 0 aliphatic rings. The Morgan fingerprint density at radius 1 is 1.24 bits per heavy atom. The number of anilines is 1. The number of benzene rings is 1. The Balaban J connectivity index is 2.16. The number of aryl methyl sites for hydroxylation is 2. The minimum absolute atomic E-state index is 0.331. The highest BCUT2D eigenvalue weighted by Gasteiger charge is 2.21. The fourth-order valence-corrected chi connectivity index (χ4v) is 3.66. The molecule has 0 aliphatic heterocycles. The van der Waals surface area contributed by atoms with Crippen molar-refractivity contribution in [2.75, 3.05) is 17.1 Å². The summed E-state index contributed by atoms with van der Waals surface area (Å²) in [4.78, 5) is 13.1. The number of nitrogens with zero attached hydrogens (tertiary/aromatic N) is 2. The van der Waals surface area contributed by atoms with Gasteiger partial charge >= 0.3 is 0 Å². The van der Waals surface area contributed by atoms with E-state index in [4.69, 9.17) is 0 Å². The molecule has 0 saturated carbocycles. The molecule has 2 aromatic rings. The Morgan fingerprint density at radius 2 is 1.96 bits per heavy atom. The lowest BCUT2D eigenvalue weighted by Crippen LogP contribution is -2.39. The highest BCUT2D eigenvalue weighted by molar-refractivity contribution is 7.92. The Bertz CT molecular complexity index is 888. The molecular formula is C17H21N3O3S2. The summed E-state index contributed by atoms with van der Waals surface area (Å²) in [6.07, 6.45) is 1.08. The third kappa shape index (κ3) is 5.14. The molecule has 0 unspecified atom stereocenters. The highest BCUT2D eigenvalue weighted by atomic mass is 32.2. The van der Waals surface area contributed by atoms with Gasteiger partial charge in [-0.1, -0.05) is 12.1 Å². The van der Waals surface area contributed by atoms with E-state index in [0.29, 0.717) is 11.4 Å². The fourth-order valence-electron chi connectivity index (χ4n) is 2.13. The molecular weight excluding hydrogens is 358 g/mol. The zero-order chi connectivity index (χ0) is 18.6. The molecule has 0 bridgehead atoms. The summed E-state index contributed by atoms with van der Waals surface area (Å²) in [5, 5.41) is 5.95. The van der Waals surface area contributed by atoms with Crippen molar-refractivity contribution in [2.45, 2.75) is 20.8 Å². The van der Waals surface area contributed by atoms with E-state index in [1.54, 1.807) is 19.1 Å². The van der Waals surface area contributed by atoms with Crippen LogP contribution in [0.1, 0.15) is 22.9 Å². The molecule has 0 spiro atoms. The highest BCUT2D eigenvalue weighted by Crippen LogP contribution is 2.21. The van der Waals surface area contributed by atoms with E-state index < -0.39 is 15.9 Å². The van der Waals surface area contributed by atoms with Gasteiger partial charge in [-0.2, -0.15) is 5.10 Å². The quantitative estimate of drug-likeness (QED) is 0.619. The van der Waals surface area contributed by atoms with Gasteiger partial charge in [0.25, 0.3) is 5.91 Å². The minimum Gasteiger partial charge on any atom is -0.271 e. The second kappa shape index (κ2) is 7.79. The predicted octanol–water partition coefficient (Wildman–Crippen LogP) is 2.67. The van der Waals surface area contributed by atoms with Crippen LogP contribution in [0, 0.1) is 13.8 Å². The first kappa shape index (κ1) is 19.1. The van der Waals surface area contributed by atoms with Gasteiger partial charge in [0, 0.05) is 4.88 Å². The van der Waals surface area contributed by atoms with Crippen molar-refractivity contribution in [3.63, 3.8) is 0 Å². The molecule has 6 nitrogen and oxygen atoms in total. The number of nitrogens with one attached hydrogen (secondary N) is 1. The Kier molecular flexibility index (Phi) is 5.97. The number of thiophene rings is 1. The third-order valence-corrected chi connectivity index (χ3v) is 5.81.